The Morgan fingerprint density at radius 3 is 3.10 bits per heavy atom. The van der Waals surface area contributed by atoms with Gasteiger partial charge in [-0.25, -0.2) is 0 Å². The summed E-state index contributed by atoms with van der Waals surface area (Å²) >= 11 is 5.96. The van der Waals surface area contributed by atoms with Crippen LogP contribution >= 0.6 is 11.6 Å². The second-order valence-electron chi connectivity index (χ2n) is 4.95. The van der Waals surface area contributed by atoms with Gasteiger partial charge in [-0.2, -0.15) is 0 Å². The van der Waals surface area contributed by atoms with Gasteiger partial charge >= 0.3 is 0 Å². The Hall–Kier alpha value is -1.26. The molecule has 5 heteroatoms. The smallest absolute Gasteiger partial charge is 0.224 e. The summed E-state index contributed by atoms with van der Waals surface area (Å²) in [6.45, 7) is 4.76. The lowest BCUT2D eigenvalue weighted by molar-refractivity contribution is -0.125. The van der Waals surface area contributed by atoms with E-state index in [0.717, 1.165) is 37.2 Å². The van der Waals surface area contributed by atoms with Gasteiger partial charge in [0.1, 0.15) is 5.75 Å². The molecule has 0 bridgehead atoms. The fourth-order valence-electron chi connectivity index (χ4n) is 2.37. The van der Waals surface area contributed by atoms with E-state index in [1.54, 1.807) is 6.07 Å². The first-order chi connectivity index (χ1) is 9.70. The van der Waals surface area contributed by atoms with Crippen LogP contribution in [0.4, 0.5) is 0 Å². The Balaban J connectivity index is 1.94. The molecular formula is C15H21ClN2O2. The minimum absolute atomic E-state index is 0.0755. The normalized spacial score (nSPS) is 18.6. The van der Waals surface area contributed by atoms with Crippen molar-refractivity contribution in [3.05, 3.63) is 28.8 Å². The minimum atomic E-state index is 0.0755. The molecule has 0 aromatic heterocycles. The molecule has 4 nitrogen and oxygen atoms in total. The lowest BCUT2D eigenvalue weighted by Gasteiger charge is -2.22. The molecule has 2 N–H and O–H groups in total. The number of ether oxygens (including phenoxy) is 1. The Labute approximate surface area is 124 Å². The zero-order valence-corrected chi connectivity index (χ0v) is 12.5. The predicted molar refractivity (Wildman–Crippen MR) is 80.1 cm³/mol. The van der Waals surface area contributed by atoms with Gasteiger partial charge < -0.3 is 15.4 Å². The van der Waals surface area contributed by atoms with Crippen LogP contribution in [0.5, 0.6) is 5.75 Å². The van der Waals surface area contributed by atoms with Crippen molar-refractivity contribution in [1.82, 2.24) is 10.6 Å². The molecule has 1 aliphatic rings. The first-order valence-corrected chi connectivity index (χ1v) is 7.48. The average Bonchev–Trinajstić information content (AvgIpc) is 2.47. The van der Waals surface area contributed by atoms with E-state index in [1.807, 2.05) is 19.1 Å². The van der Waals surface area contributed by atoms with E-state index in [1.165, 1.54) is 0 Å². The lowest BCUT2D eigenvalue weighted by atomic mass is 9.99. The molecule has 0 radical (unpaired) electrons. The van der Waals surface area contributed by atoms with Crippen molar-refractivity contribution in [2.75, 3.05) is 19.7 Å². The number of nitrogens with one attached hydrogen (secondary N) is 2. The molecule has 1 amide bonds. The summed E-state index contributed by atoms with van der Waals surface area (Å²) in [5.74, 6) is 0.920. The van der Waals surface area contributed by atoms with Crippen LogP contribution in [-0.2, 0) is 11.3 Å². The van der Waals surface area contributed by atoms with E-state index in [2.05, 4.69) is 10.6 Å². The number of hydrogen-bond donors (Lipinski definition) is 2. The lowest BCUT2D eigenvalue weighted by Crippen LogP contribution is -2.40. The molecule has 1 aromatic rings. The highest BCUT2D eigenvalue weighted by atomic mass is 35.5. The summed E-state index contributed by atoms with van der Waals surface area (Å²) in [5, 5.41) is 6.87. The summed E-state index contributed by atoms with van der Waals surface area (Å²) < 4.78 is 5.55. The molecule has 0 unspecified atom stereocenters. The van der Waals surface area contributed by atoms with E-state index >= 15 is 0 Å². The highest BCUT2D eigenvalue weighted by Gasteiger charge is 2.20. The third kappa shape index (κ3) is 4.12. The standard InChI is InChI=1S/C15H21ClN2O2/c1-2-20-14-8-13(16)6-5-11(14)10-18-15(19)12-4-3-7-17-9-12/h5-6,8,12,17H,2-4,7,9-10H2,1H3,(H,18,19)/t12-/m1/s1. The topological polar surface area (TPSA) is 50.4 Å². The van der Waals surface area contributed by atoms with Gasteiger partial charge in [-0.05, 0) is 38.4 Å². The van der Waals surface area contributed by atoms with Gasteiger partial charge in [0.15, 0.2) is 0 Å². The van der Waals surface area contributed by atoms with Gasteiger partial charge in [-0.3, -0.25) is 4.79 Å². The maximum atomic E-state index is 12.1. The molecule has 2 rings (SSSR count). The van der Waals surface area contributed by atoms with Crippen molar-refractivity contribution in [2.24, 2.45) is 5.92 Å². The third-order valence-corrected chi connectivity index (χ3v) is 3.68. The Kier molecular flexibility index (Phi) is 5.68. The van der Waals surface area contributed by atoms with Crippen molar-refractivity contribution in [3.63, 3.8) is 0 Å². The van der Waals surface area contributed by atoms with Crippen LogP contribution in [0.2, 0.25) is 5.02 Å². The SMILES string of the molecule is CCOc1cc(Cl)ccc1CNC(=O)[C@@H]1CCCNC1. The number of rotatable bonds is 5. The summed E-state index contributed by atoms with van der Waals surface area (Å²) in [4.78, 5) is 12.1. The Morgan fingerprint density at radius 1 is 1.55 bits per heavy atom. The van der Waals surface area contributed by atoms with Gasteiger partial charge in [0.05, 0.1) is 12.5 Å². The molecule has 1 saturated heterocycles. The maximum absolute atomic E-state index is 12.1. The molecule has 0 aliphatic carbocycles. The molecule has 0 spiro atoms. The zero-order chi connectivity index (χ0) is 14.4. The largest absolute Gasteiger partial charge is 0.493 e. The van der Waals surface area contributed by atoms with E-state index < -0.39 is 0 Å². The van der Waals surface area contributed by atoms with Crippen LogP contribution in [-0.4, -0.2) is 25.6 Å². The molecule has 1 atom stereocenters. The summed E-state index contributed by atoms with van der Waals surface area (Å²) in [6.07, 6.45) is 2.01. The van der Waals surface area contributed by atoms with E-state index in [-0.39, 0.29) is 11.8 Å². The third-order valence-electron chi connectivity index (χ3n) is 3.45. The number of halogens is 1. The number of piperidine rings is 1. The fourth-order valence-corrected chi connectivity index (χ4v) is 2.53. The second-order valence-corrected chi connectivity index (χ2v) is 5.38. The number of carbonyl (C=O) groups excluding carboxylic acids is 1. The van der Waals surface area contributed by atoms with Crippen molar-refractivity contribution < 1.29 is 9.53 Å². The van der Waals surface area contributed by atoms with Crippen LogP contribution in [0.1, 0.15) is 25.3 Å². The highest BCUT2D eigenvalue weighted by Crippen LogP contribution is 2.23. The zero-order valence-electron chi connectivity index (χ0n) is 11.7. The molecular weight excluding hydrogens is 276 g/mol. The number of amides is 1. The van der Waals surface area contributed by atoms with E-state index in [9.17, 15) is 4.79 Å². The fraction of sp³-hybridized carbons (Fsp3) is 0.533. The summed E-state index contributed by atoms with van der Waals surface area (Å²) in [7, 11) is 0. The van der Waals surface area contributed by atoms with Crippen molar-refractivity contribution >= 4 is 17.5 Å². The van der Waals surface area contributed by atoms with E-state index in [0.29, 0.717) is 18.2 Å². The molecule has 1 aliphatic heterocycles. The maximum Gasteiger partial charge on any atom is 0.224 e. The highest BCUT2D eigenvalue weighted by molar-refractivity contribution is 6.30. The number of hydrogen-bond acceptors (Lipinski definition) is 3. The van der Waals surface area contributed by atoms with Gasteiger partial charge in [-0.15, -0.1) is 0 Å². The molecule has 1 heterocycles. The first kappa shape index (κ1) is 15.1. The van der Waals surface area contributed by atoms with Crippen molar-refractivity contribution in [2.45, 2.75) is 26.3 Å². The number of carbonyl (C=O) groups is 1. The monoisotopic (exact) mass is 296 g/mol. The van der Waals surface area contributed by atoms with E-state index in [4.69, 9.17) is 16.3 Å². The van der Waals surface area contributed by atoms with Crippen molar-refractivity contribution in [3.8, 4) is 5.75 Å². The van der Waals surface area contributed by atoms with Crippen LogP contribution in [0.3, 0.4) is 0 Å². The minimum Gasteiger partial charge on any atom is -0.493 e. The molecule has 0 saturated carbocycles. The van der Waals surface area contributed by atoms with Crippen LogP contribution in [0.25, 0.3) is 0 Å². The van der Waals surface area contributed by atoms with Crippen LogP contribution < -0.4 is 15.4 Å². The second kappa shape index (κ2) is 7.50. The Morgan fingerprint density at radius 2 is 2.40 bits per heavy atom. The Bertz CT molecular complexity index is 459. The first-order valence-electron chi connectivity index (χ1n) is 7.10. The summed E-state index contributed by atoms with van der Waals surface area (Å²) in [6, 6.07) is 5.50. The molecule has 110 valence electrons. The van der Waals surface area contributed by atoms with Gasteiger partial charge in [0.25, 0.3) is 0 Å². The summed E-state index contributed by atoms with van der Waals surface area (Å²) in [5.41, 5.74) is 0.952. The predicted octanol–water partition coefficient (Wildman–Crippen LogP) is 2.35. The van der Waals surface area contributed by atoms with Crippen LogP contribution in [0, 0.1) is 5.92 Å². The quantitative estimate of drug-likeness (QED) is 0.877. The molecule has 1 aromatic carbocycles. The van der Waals surface area contributed by atoms with Gasteiger partial charge in [0, 0.05) is 23.7 Å². The molecule has 20 heavy (non-hydrogen) atoms. The van der Waals surface area contributed by atoms with Crippen molar-refractivity contribution in [1.29, 1.82) is 0 Å². The number of benzene rings is 1. The van der Waals surface area contributed by atoms with Gasteiger partial charge in [-0.1, -0.05) is 17.7 Å². The van der Waals surface area contributed by atoms with Gasteiger partial charge in [0.2, 0.25) is 5.91 Å². The average molecular weight is 297 g/mol. The molecule has 1 fully saturated rings. The van der Waals surface area contributed by atoms with Crippen LogP contribution in [0.15, 0.2) is 18.2 Å².